The van der Waals surface area contributed by atoms with Crippen molar-refractivity contribution in [1.29, 1.82) is 0 Å². The number of aliphatic hydroxyl groups is 1. The smallest absolute Gasteiger partial charge is 0.305 e. The second-order valence-electron chi connectivity index (χ2n) is 16.0. The zero-order chi connectivity index (χ0) is 40.1. The van der Waals surface area contributed by atoms with Crippen LogP contribution in [-0.4, -0.2) is 80.9 Å². The van der Waals surface area contributed by atoms with E-state index in [4.69, 9.17) is 18.9 Å². The highest BCUT2D eigenvalue weighted by Crippen LogP contribution is 2.14. The van der Waals surface area contributed by atoms with Crippen LogP contribution in [0.5, 0.6) is 0 Å². The van der Waals surface area contributed by atoms with Gasteiger partial charge in [0.1, 0.15) is 0 Å². The molecule has 0 amide bonds. The molecule has 0 aromatic heterocycles. The summed E-state index contributed by atoms with van der Waals surface area (Å²) >= 11 is 0. The third kappa shape index (κ3) is 42.2. The number of rotatable bonds is 46. The highest BCUT2D eigenvalue weighted by molar-refractivity contribution is 5.69. The largest absolute Gasteiger partial charge is 0.466 e. The van der Waals surface area contributed by atoms with E-state index in [9.17, 15) is 14.7 Å². The summed E-state index contributed by atoms with van der Waals surface area (Å²) in [5.74, 6) is -0.179. The van der Waals surface area contributed by atoms with Gasteiger partial charge in [-0.2, -0.15) is 0 Å². The summed E-state index contributed by atoms with van der Waals surface area (Å²) in [6, 6.07) is 0. The fourth-order valence-electron chi connectivity index (χ4n) is 6.98. The number of aliphatic hydroxyl groups excluding tert-OH is 1. The van der Waals surface area contributed by atoms with Gasteiger partial charge in [-0.3, -0.25) is 9.59 Å². The second-order valence-corrected chi connectivity index (χ2v) is 16.0. The van der Waals surface area contributed by atoms with Crippen molar-refractivity contribution in [2.24, 2.45) is 0 Å². The van der Waals surface area contributed by atoms with Crippen LogP contribution < -0.4 is 0 Å². The fourth-order valence-corrected chi connectivity index (χ4v) is 6.98. The lowest BCUT2D eigenvalue weighted by molar-refractivity contribution is -0.159. The first kappa shape index (κ1) is 53.8. The topological polar surface area (TPSA) is 94.5 Å². The predicted octanol–water partition coefficient (Wildman–Crippen LogP) is 12.7. The van der Waals surface area contributed by atoms with Crippen molar-refractivity contribution in [3.63, 3.8) is 0 Å². The van der Waals surface area contributed by atoms with E-state index in [1.807, 2.05) is 0 Å². The lowest BCUT2D eigenvalue weighted by Gasteiger charge is -2.21. The van der Waals surface area contributed by atoms with Gasteiger partial charge >= 0.3 is 11.9 Å². The number of unbranched alkanes of at least 4 members (excludes halogenated alkanes) is 25. The average molecular weight is 784 g/mol. The van der Waals surface area contributed by atoms with E-state index in [2.05, 4.69) is 25.7 Å². The first-order chi connectivity index (χ1) is 27.1. The first-order valence-corrected chi connectivity index (χ1v) is 23.9. The number of hydrogen-bond acceptors (Lipinski definition) is 8. The Hall–Kier alpha value is -1.22. The molecule has 0 heterocycles. The molecule has 0 rings (SSSR count). The molecular weight excluding hydrogens is 691 g/mol. The Balaban J connectivity index is 3.90. The normalized spacial score (nSPS) is 11.6. The minimum absolute atomic E-state index is 0.0349. The molecular formula is C47H93NO7. The Kier molecular flexibility index (Phi) is 44.5. The molecule has 0 saturated carbocycles. The maximum atomic E-state index is 12.5. The van der Waals surface area contributed by atoms with Gasteiger partial charge in [-0.15, -0.1) is 0 Å². The first-order valence-electron chi connectivity index (χ1n) is 23.9. The Morgan fingerprint density at radius 2 is 0.764 bits per heavy atom. The Morgan fingerprint density at radius 3 is 1.18 bits per heavy atom. The monoisotopic (exact) mass is 784 g/mol. The van der Waals surface area contributed by atoms with Crippen molar-refractivity contribution in [3.05, 3.63) is 0 Å². The minimum Gasteiger partial charge on any atom is -0.466 e. The van der Waals surface area contributed by atoms with E-state index in [0.717, 1.165) is 96.7 Å². The molecule has 0 aliphatic carbocycles. The van der Waals surface area contributed by atoms with Crippen molar-refractivity contribution >= 4 is 11.9 Å². The average Bonchev–Trinajstić information content (AvgIpc) is 3.18. The van der Waals surface area contributed by atoms with Crippen LogP contribution in [0.15, 0.2) is 0 Å². The molecule has 0 aromatic rings. The molecule has 55 heavy (non-hydrogen) atoms. The fraction of sp³-hybridized carbons (Fsp3) is 0.957. The summed E-state index contributed by atoms with van der Waals surface area (Å²) in [6.45, 7) is 12.2. The van der Waals surface area contributed by atoms with Crippen LogP contribution in [0.3, 0.4) is 0 Å². The molecule has 0 atom stereocenters. The summed E-state index contributed by atoms with van der Waals surface area (Å²) in [6.07, 6.45) is 36.7. The number of esters is 2. The van der Waals surface area contributed by atoms with Crippen LogP contribution >= 0.6 is 0 Å². The maximum Gasteiger partial charge on any atom is 0.305 e. The van der Waals surface area contributed by atoms with Crippen molar-refractivity contribution in [2.45, 2.75) is 239 Å². The van der Waals surface area contributed by atoms with E-state index in [1.54, 1.807) is 0 Å². The molecule has 1 N–H and O–H groups in total. The van der Waals surface area contributed by atoms with Crippen LogP contribution in [0.4, 0.5) is 0 Å². The molecule has 0 saturated heterocycles. The van der Waals surface area contributed by atoms with Gasteiger partial charge in [-0.1, -0.05) is 168 Å². The molecule has 8 heteroatoms. The second kappa shape index (κ2) is 45.5. The Morgan fingerprint density at radius 1 is 0.418 bits per heavy atom. The van der Waals surface area contributed by atoms with Gasteiger partial charge < -0.3 is 29.0 Å². The molecule has 0 spiro atoms. The Labute approximate surface area is 341 Å². The quantitative estimate of drug-likeness (QED) is 0.0370. The molecule has 328 valence electrons. The molecule has 0 bridgehead atoms. The number of hydrogen-bond donors (Lipinski definition) is 1. The summed E-state index contributed by atoms with van der Waals surface area (Å²) in [7, 11) is 0. The molecule has 8 nitrogen and oxygen atoms in total. The lowest BCUT2D eigenvalue weighted by atomic mass is 10.1. The van der Waals surface area contributed by atoms with Crippen LogP contribution in [0, 0.1) is 0 Å². The summed E-state index contributed by atoms with van der Waals surface area (Å²) in [5.41, 5.74) is 0. The van der Waals surface area contributed by atoms with Crippen molar-refractivity contribution < 1.29 is 33.6 Å². The van der Waals surface area contributed by atoms with Gasteiger partial charge in [-0.05, 0) is 58.0 Å². The van der Waals surface area contributed by atoms with Gasteiger partial charge in [0.05, 0.1) is 26.2 Å². The molecule has 0 aliphatic heterocycles. The molecule has 0 fully saturated rings. The third-order valence-electron chi connectivity index (χ3n) is 10.6. The standard InChI is InChI=1S/C47H93NO7/c1-4-7-10-13-17-25-30-41-52-45(50)34-27-20-19-22-29-38-48(39-40-49)37-28-21-16-18-26-31-42-53-46(51)35-36-47(54-43-32-23-14-11-8-5-2)55-44-33-24-15-12-9-6-3/h47,49H,4-44H2,1-3H3. The van der Waals surface area contributed by atoms with E-state index in [0.29, 0.717) is 45.7 Å². The van der Waals surface area contributed by atoms with Crippen molar-refractivity contribution in [2.75, 3.05) is 52.7 Å². The van der Waals surface area contributed by atoms with Gasteiger partial charge in [0, 0.05) is 32.6 Å². The van der Waals surface area contributed by atoms with E-state index in [-0.39, 0.29) is 24.8 Å². The van der Waals surface area contributed by atoms with Crippen LogP contribution in [0.1, 0.15) is 233 Å². The zero-order valence-corrected chi connectivity index (χ0v) is 36.9. The van der Waals surface area contributed by atoms with Crippen LogP contribution in [0.25, 0.3) is 0 Å². The predicted molar refractivity (Wildman–Crippen MR) is 231 cm³/mol. The highest BCUT2D eigenvalue weighted by Gasteiger charge is 2.14. The number of carbonyl (C=O) groups is 2. The molecule has 0 unspecified atom stereocenters. The molecule has 0 aromatic carbocycles. The summed E-state index contributed by atoms with van der Waals surface area (Å²) in [5, 5.41) is 9.53. The van der Waals surface area contributed by atoms with Crippen molar-refractivity contribution in [1.82, 2.24) is 4.90 Å². The van der Waals surface area contributed by atoms with Gasteiger partial charge in [0.15, 0.2) is 6.29 Å². The summed E-state index contributed by atoms with van der Waals surface area (Å²) < 4.78 is 23.1. The summed E-state index contributed by atoms with van der Waals surface area (Å²) in [4.78, 5) is 26.8. The van der Waals surface area contributed by atoms with Gasteiger partial charge in [0.25, 0.3) is 0 Å². The van der Waals surface area contributed by atoms with E-state index in [1.165, 1.54) is 116 Å². The zero-order valence-electron chi connectivity index (χ0n) is 36.9. The molecule has 0 aliphatic rings. The maximum absolute atomic E-state index is 12.5. The van der Waals surface area contributed by atoms with Crippen LogP contribution in [0.2, 0.25) is 0 Å². The van der Waals surface area contributed by atoms with Gasteiger partial charge in [-0.25, -0.2) is 0 Å². The highest BCUT2D eigenvalue weighted by atomic mass is 16.7. The lowest BCUT2D eigenvalue weighted by Crippen LogP contribution is -2.29. The number of ether oxygens (including phenoxy) is 4. The molecule has 0 radical (unpaired) electrons. The van der Waals surface area contributed by atoms with E-state index < -0.39 is 0 Å². The minimum atomic E-state index is -0.315. The van der Waals surface area contributed by atoms with Crippen molar-refractivity contribution in [3.8, 4) is 0 Å². The number of carbonyl (C=O) groups excluding carboxylic acids is 2. The van der Waals surface area contributed by atoms with E-state index >= 15 is 0 Å². The van der Waals surface area contributed by atoms with Gasteiger partial charge in [0.2, 0.25) is 0 Å². The van der Waals surface area contributed by atoms with Crippen LogP contribution in [-0.2, 0) is 28.5 Å². The Bertz CT molecular complexity index is 764. The third-order valence-corrected chi connectivity index (χ3v) is 10.6. The SMILES string of the molecule is CCCCCCCCCOC(=O)CCCCCCCN(CCO)CCCCCCCCOC(=O)CCC(OCCCCCCCC)OCCCCCCCC. The number of nitrogens with zero attached hydrogens (tertiary/aromatic N) is 1.